The summed E-state index contributed by atoms with van der Waals surface area (Å²) < 4.78 is 11.5. The van der Waals surface area contributed by atoms with Crippen molar-refractivity contribution in [3.63, 3.8) is 0 Å². The van der Waals surface area contributed by atoms with Gasteiger partial charge in [-0.1, -0.05) is 18.2 Å². The number of nitrogens with two attached hydrogens (primary N) is 2. The smallest absolute Gasteiger partial charge is 0.230 e. The number of fused-ring (bicyclic) bond motifs is 1. The van der Waals surface area contributed by atoms with Crippen molar-refractivity contribution < 1.29 is 14.3 Å². The number of nitrogens with zero attached hydrogens (tertiary/aromatic N) is 2. The van der Waals surface area contributed by atoms with E-state index in [2.05, 4.69) is 5.43 Å². The summed E-state index contributed by atoms with van der Waals surface area (Å²) in [6, 6.07) is 14.6. The predicted octanol–water partition coefficient (Wildman–Crippen LogP) is 1.63. The van der Waals surface area contributed by atoms with Gasteiger partial charge in [-0.2, -0.15) is 5.26 Å². The summed E-state index contributed by atoms with van der Waals surface area (Å²) >= 11 is 0. The van der Waals surface area contributed by atoms with Gasteiger partial charge in [-0.3, -0.25) is 4.79 Å². The maximum Gasteiger partial charge on any atom is 0.230 e. The molecule has 2 aromatic carbocycles. The summed E-state index contributed by atoms with van der Waals surface area (Å²) in [5.41, 5.74) is 10.9. The Labute approximate surface area is 162 Å². The number of carbonyl (C=O) groups is 1. The third-order valence-corrected chi connectivity index (χ3v) is 4.41. The first-order valence-corrected chi connectivity index (χ1v) is 8.65. The molecule has 0 radical (unpaired) electrons. The van der Waals surface area contributed by atoms with Crippen molar-refractivity contribution in [1.82, 2.24) is 5.43 Å². The van der Waals surface area contributed by atoms with Crippen molar-refractivity contribution in [2.45, 2.75) is 13.0 Å². The quantitative estimate of drug-likeness (QED) is 0.409. The van der Waals surface area contributed by atoms with E-state index in [4.69, 9.17) is 26.3 Å². The monoisotopic (exact) mass is 379 g/mol. The number of amides is 1. The van der Waals surface area contributed by atoms with Gasteiger partial charge in [-0.15, -0.1) is 0 Å². The molecule has 0 spiro atoms. The molecule has 0 bridgehead atoms. The number of nitrogens with one attached hydrogen (secondary N) is 1. The number of nitriles is 1. The van der Waals surface area contributed by atoms with Crippen LogP contribution in [0, 0.1) is 11.3 Å². The standard InChI is InChI=1S/C20H21N5O3/c1-25-17-6-5-15(10-18(17)27-8-7-19(25)26)28-12-13-3-2-4-14(9-13)20(22)16(11-21)24-23/h2-6,9-10,24H,7-8,12,22-23H2,1H3/b20-16-. The second kappa shape index (κ2) is 8.33. The van der Waals surface area contributed by atoms with Gasteiger partial charge in [0.15, 0.2) is 5.70 Å². The largest absolute Gasteiger partial charge is 0.491 e. The molecule has 8 nitrogen and oxygen atoms in total. The molecule has 0 aliphatic carbocycles. The van der Waals surface area contributed by atoms with Crippen LogP contribution >= 0.6 is 0 Å². The van der Waals surface area contributed by atoms with E-state index in [9.17, 15) is 4.79 Å². The molecule has 0 saturated carbocycles. The highest BCUT2D eigenvalue weighted by atomic mass is 16.5. The van der Waals surface area contributed by atoms with Crippen molar-refractivity contribution in [3.05, 3.63) is 59.3 Å². The van der Waals surface area contributed by atoms with Gasteiger partial charge in [0.25, 0.3) is 0 Å². The molecule has 3 rings (SSSR count). The number of anilines is 1. The second-order valence-corrected chi connectivity index (χ2v) is 6.21. The molecule has 144 valence electrons. The van der Waals surface area contributed by atoms with E-state index in [0.29, 0.717) is 42.4 Å². The molecule has 1 aliphatic heterocycles. The first kappa shape index (κ1) is 19.1. The third kappa shape index (κ3) is 4.00. The Morgan fingerprint density at radius 3 is 2.93 bits per heavy atom. The van der Waals surface area contributed by atoms with Crippen molar-refractivity contribution >= 4 is 17.3 Å². The maximum absolute atomic E-state index is 11.9. The summed E-state index contributed by atoms with van der Waals surface area (Å²) in [4.78, 5) is 13.5. The SMILES string of the molecule is CN1C(=O)CCOc2cc(OCc3cccc(/C(N)=C(\C#N)NN)c3)ccc21. The van der Waals surface area contributed by atoms with E-state index in [1.807, 2.05) is 24.3 Å². The molecule has 1 heterocycles. The van der Waals surface area contributed by atoms with Crippen LogP contribution in [0.1, 0.15) is 17.5 Å². The van der Waals surface area contributed by atoms with Crippen LogP contribution in [0.5, 0.6) is 11.5 Å². The van der Waals surface area contributed by atoms with Gasteiger partial charge >= 0.3 is 0 Å². The lowest BCUT2D eigenvalue weighted by Crippen LogP contribution is -2.25. The van der Waals surface area contributed by atoms with Crippen molar-refractivity contribution in [1.29, 1.82) is 5.26 Å². The fraction of sp³-hybridized carbons (Fsp3) is 0.200. The lowest BCUT2D eigenvalue weighted by atomic mass is 10.1. The van der Waals surface area contributed by atoms with Gasteiger partial charge in [0, 0.05) is 18.7 Å². The van der Waals surface area contributed by atoms with Crippen LogP contribution in [-0.4, -0.2) is 19.6 Å². The molecule has 0 aromatic heterocycles. The minimum atomic E-state index is 0.0126. The molecule has 5 N–H and O–H groups in total. The van der Waals surface area contributed by atoms with E-state index < -0.39 is 0 Å². The number of hydrogen-bond acceptors (Lipinski definition) is 7. The Morgan fingerprint density at radius 1 is 1.36 bits per heavy atom. The van der Waals surface area contributed by atoms with E-state index in [0.717, 1.165) is 5.56 Å². The lowest BCUT2D eigenvalue weighted by molar-refractivity contribution is -0.118. The molecule has 8 heteroatoms. The third-order valence-electron chi connectivity index (χ3n) is 4.41. The number of benzene rings is 2. The summed E-state index contributed by atoms with van der Waals surface area (Å²) in [6.45, 7) is 0.635. The minimum Gasteiger partial charge on any atom is -0.491 e. The van der Waals surface area contributed by atoms with E-state index in [-0.39, 0.29) is 17.3 Å². The molecular formula is C20H21N5O3. The number of carbonyl (C=O) groups excluding carboxylic acids is 1. The topological polar surface area (TPSA) is 127 Å². The molecule has 1 aliphatic rings. The number of ether oxygens (including phenoxy) is 2. The highest BCUT2D eigenvalue weighted by molar-refractivity contribution is 5.95. The van der Waals surface area contributed by atoms with Crippen molar-refractivity contribution in [2.24, 2.45) is 11.6 Å². The Bertz CT molecular complexity index is 965. The maximum atomic E-state index is 11.9. The highest BCUT2D eigenvalue weighted by Gasteiger charge is 2.20. The zero-order valence-corrected chi connectivity index (χ0v) is 15.4. The van der Waals surface area contributed by atoms with E-state index in [1.54, 1.807) is 36.2 Å². The van der Waals surface area contributed by atoms with Gasteiger partial charge in [0.2, 0.25) is 5.91 Å². The number of allylic oxidation sites excluding steroid dienone is 1. The van der Waals surface area contributed by atoms with Gasteiger partial charge in [0.1, 0.15) is 24.2 Å². The second-order valence-electron chi connectivity index (χ2n) is 6.21. The zero-order valence-electron chi connectivity index (χ0n) is 15.4. The van der Waals surface area contributed by atoms with Gasteiger partial charge in [-0.05, 0) is 23.8 Å². The fourth-order valence-corrected chi connectivity index (χ4v) is 2.84. The average Bonchev–Trinajstić information content (AvgIpc) is 2.86. The normalized spacial score (nSPS) is 14.2. The van der Waals surface area contributed by atoms with Crippen LogP contribution in [-0.2, 0) is 11.4 Å². The molecular weight excluding hydrogens is 358 g/mol. The highest BCUT2D eigenvalue weighted by Crippen LogP contribution is 2.34. The zero-order chi connectivity index (χ0) is 20.1. The van der Waals surface area contributed by atoms with Crippen molar-refractivity contribution in [3.8, 4) is 17.6 Å². The number of hydrogen-bond donors (Lipinski definition) is 3. The van der Waals surface area contributed by atoms with Crippen LogP contribution < -0.4 is 31.4 Å². The molecule has 0 saturated heterocycles. The minimum absolute atomic E-state index is 0.0126. The summed E-state index contributed by atoms with van der Waals surface area (Å²) in [5.74, 6) is 6.55. The van der Waals surface area contributed by atoms with Gasteiger partial charge in [0.05, 0.1) is 24.4 Å². The van der Waals surface area contributed by atoms with Gasteiger partial charge in [-0.25, -0.2) is 5.84 Å². The summed E-state index contributed by atoms with van der Waals surface area (Å²) in [7, 11) is 1.73. The van der Waals surface area contributed by atoms with E-state index in [1.165, 1.54) is 0 Å². The Morgan fingerprint density at radius 2 is 2.18 bits per heavy atom. The molecule has 0 atom stereocenters. The van der Waals surface area contributed by atoms with Crippen LogP contribution in [0.4, 0.5) is 5.69 Å². The predicted molar refractivity (Wildman–Crippen MR) is 105 cm³/mol. The first-order chi connectivity index (χ1) is 13.5. The Kier molecular flexibility index (Phi) is 5.67. The van der Waals surface area contributed by atoms with E-state index >= 15 is 0 Å². The van der Waals surface area contributed by atoms with Crippen LogP contribution in [0.2, 0.25) is 0 Å². The van der Waals surface area contributed by atoms with Crippen LogP contribution in [0.15, 0.2) is 48.2 Å². The Hall–Kier alpha value is -3.70. The van der Waals surface area contributed by atoms with Crippen LogP contribution in [0.3, 0.4) is 0 Å². The fourth-order valence-electron chi connectivity index (χ4n) is 2.84. The summed E-state index contributed by atoms with van der Waals surface area (Å²) in [6.07, 6.45) is 0.339. The number of rotatable bonds is 5. The van der Waals surface area contributed by atoms with Crippen LogP contribution in [0.25, 0.3) is 5.70 Å². The molecule has 0 unspecified atom stereocenters. The molecule has 28 heavy (non-hydrogen) atoms. The Balaban J connectivity index is 1.76. The lowest BCUT2D eigenvalue weighted by Gasteiger charge is -2.17. The number of hydrazine groups is 1. The first-order valence-electron chi connectivity index (χ1n) is 8.65. The molecule has 1 amide bonds. The molecule has 0 fully saturated rings. The van der Waals surface area contributed by atoms with Crippen molar-refractivity contribution in [2.75, 3.05) is 18.6 Å². The van der Waals surface area contributed by atoms with Gasteiger partial charge < -0.3 is 25.5 Å². The molecule has 2 aromatic rings. The summed E-state index contributed by atoms with van der Waals surface area (Å²) in [5, 5.41) is 9.04. The average molecular weight is 379 g/mol.